The third kappa shape index (κ3) is 2.20. The van der Waals surface area contributed by atoms with Crippen LogP contribution in [0.4, 0.5) is 0 Å². The van der Waals surface area contributed by atoms with E-state index in [9.17, 15) is 4.79 Å². The van der Waals surface area contributed by atoms with Crippen LogP contribution in [0.5, 0.6) is 0 Å². The number of hydrogen-bond donors (Lipinski definition) is 1. The van der Waals surface area contributed by atoms with E-state index in [0.717, 1.165) is 18.1 Å². The van der Waals surface area contributed by atoms with Crippen molar-refractivity contribution in [3.63, 3.8) is 0 Å². The van der Waals surface area contributed by atoms with Gasteiger partial charge >= 0.3 is 5.63 Å². The van der Waals surface area contributed by atoms with Crippen molar-refractivity contribution in [3.05, 3.63) is 46.3 Å². The molecule has 0 spiro atoms. The van der Waals surface area contributed by atoms with Crippen molar-refractivity contribution >= 4 is 11.0 Å². The van der Waals surface area contributed by atoms with E-state index in [1.54, 1.807) is 6.07 Å². The second-order valence-corrected chi connectivity index (χ2v) is 2.80. The Morgan fingerprint density at radius 2 is 1.79 bits per heavy atom. The summed E-state index contributed by atoms with van der Waals surface area (Å²) in [4.78, 5) is 10.8. The van der Waals surface area contributed by atoms with Gasteiger partial charge in [0.05, 0.1) is 0 Å². The first kappa shape index (κ1) is 10.5. The van der Waals surface area contributed by atoms with Crippen molar-refractivity contribution in [2.75, 3.05) is 7.11 Å². The molecule has 0 aliphatic heterocycles. The fourth-order valence-electron chi connectivity index (χ4n) is 1.17. The molecule has 1 N–H and O–H groups in total. The van der Waals surface area contributed by atoms with Gasteiger partial charge in [-0.05, 0) is 24.6 Å². The Balaban J connectivity index is 0.000000461. The van der Waals surface area contributed by atoms with Crippen molar-refractivity contribution in [2.24, 2.45) is 0 Å². The molecule has 2 aromatic rings. The summed E-state index contributed by atoms with van der Waals surface area (Å²) in [5.74, 6) is 0. The maximum Gasteiger partial charge on any atom is 0.336 e. The first-order valence-corrected chi connectivity index (χ1v) is 4.21. The molecular formula is C11H12O3. The van der Waals surface area contributed by atoms with Crippen LogP contribution in [0.1, 0.15) is 5.56 Å². The summed E-state index contributed by atoms with van der Waals surface area (Å²) >= 11 is 0. The molecular weight excluding hydrogens is 180 g/mol. The quantitative estimate of drug-likeness (QED) is 0.646. The molecule has 0 aliphatic carbocycles. The van der Waals surface area contributed by atoms with E-state index in [4.69, 9.17) is 9.52 Å². The topological polar surface area (TPSA) is 50.4 Å². The molecule has 0 saturated carbocycles. The van der Waals surface area contributed by atoms with Gasteiger partial charge in [0.15, 0.2) is 0 Å². The summed E-state index contributed by atoms with van der Waals surface area (Å²) in [6.45, 7) is 1.96. The lowest BCUT2D eigenvalue weighted by Crippen LogP contribution is -1.93. The monoisotopic (exact) mass is 192 g/mol. The molecule has 0 radical (unpaired) electrons. The third-order valence-electron chi connectivity index (χ3n) is 1.78. The van der Waals surface area contributed by atoms with Crippen LogP contribution in [0, 0.1) is 6.92 Å². The molecule has 0 bridgehead atoms. The lowest BCUT2D eigenvalue weighted by molar-refractivity contribution is 0.399. The number of fused-ring (bicyclic) bond motifs is 1. The zero-order valence-corrected chi connectivity index (χ0v) is 8.15. The predicted octanol–water partition coefficient (Wildman–Crippen LogP) is 1.71. The van der Waals surface area contributed by atoms with Crippen LogP contribution in [-0.2, 0) is 0 Å². The minimum atomic E-state index is -0.298. The second kappa shape index (κ2) is 4.58. The molecule has 1 aromatic heterocycles. The summed E-state index contributed by atoms with van der Waals surface area (Å²) in [5, 5.41) is 7.96. The predicted molar refractivity (Wildman–Crippen MR) is 55.4 cm³/mol. The maximum absolute atomic E-state index is 10.8. The van der Waals surface area contributed by atoms with E-state index < -0.39 is 0 Å². The summed E-state index contributed by atoms with van der Waals surface area (Å²) in [6, 6.07) is 8.98. The molecule has 74 valence electrons. The molecule has 2 rings (SSSR count). The molecule has 1 aromatic carbocycles. The molecule has 1 heterocycles. The number of hydrogen-bond acceptors (Lipinski definition) is 3. The normalized spacial score (nSPS) is 9.36. The molecule has 0 amide bonds. The van der Waals surface area contributed by atoms with Gasteiger partial charge in [0, 0.05) is 18.6 Å². The van der Waals surface area contributed by atoms with E-state index in [2.05, 4.69) is 0 Å². The van der Waals surface area contributed by atoms with E-state index in [1.807, 2.05) is 25.1 Å². The number of benzene rings is 1. The lowest BCUT2D eigenvalue weighted by Gasteiger charge is -1.95. The van der Waals surface area contributed by atoms with E-state index >= 15 is 0 Å². The summed E-state index contributed by atoms with van der Waals surface area (Å²) in [6.07, 6.45) is 0. The van der Waals surface area contributed by atoms with Gasteiger partial charge < -0.3 is 9.52 Å². The Bertz CT molecular complexity index is 471. The fraction of sp³-hybridized carbons (Fsp3) is 0.182. The summed E-state index contributed by atoms with van der Waals surface area (Å²) in [7, 11) is 1.00. The zero-order chi connectivity index (χ0) is 10.6. The van der Waals surface area contributed by atoms with Gasteiger partial charge in [0.2, 0.25) is 0 Å². The van der Waals surface area contributed by atoms with Crippen LogP contribution in [0.25, 0.3) is 11.0 Å². The molecule has 0 aliphatic rings. The Morgan fingerprint density at radius 1 is 1.14 bits per heavy atom. The van der Waals surface area contributed by atoms with Gasteiger partial charge in [-0.15, -0.1) is 0 Å². The highest BCUT2D eigenvalue weighted by molar-refractivity contribution is 5.76. The average molecular weight is 192 g/mol. The van der Waals surface area contributed by atoms with Crippen LogP contribution < -0.4 is 5.63 Å². The molecule has 0 fully saturated rings. The van der Waals surface area contributed by atoms with Crippen LogP contribution in [0.2, 0.25) is 0 Å². The molecule has 3 nitrogen and oxygen atoms in total. The van der Waals surface area contributed by atoms with Crippen molar-refractivity contribution in [1.29, 1.82) is 0 Å². The van der Waals surface area contributed by atoms with E-state index in [-0.39, 0.29) is 5.63 Å². The number of aliphatic hydroxyl groups is 1. The Labute approximate surface area is 81.6 Å². The summed E-state index contributed by atoms with van der Waals surface area (Å²) in [5.41, 5.74) is 1.45. The smallest absolute Gasteiger partial charge is 0.336 e. The van der Waals surface area contributed by atoms with Gasteiger partial charge in [-0.3, -0.25) is 0 Å². The molecule has 3 heteroatoms. The molecule has 0 atom stereocenters. The maximum atomic E-state index is 10.8. The summed E-state index contributed by atoms with van der Waals surface area (Å²) < 4.78 is 4.99. The molecule has 0 saturated heterocycles. The van der Waals surface area contributed by atoms with Gasteiger partial charge in [-0.25, -0.2) is 4.79 Å². The van der Waals surface area contributed by atoms with E-state index in [1.165, 1.54) is 6.07 Å². The largest absolute Gasteiger partial charge is 0.423 e. The van der Waals surface area contributed by atoms with Crippen molar-refractivity contribution in [3.8, 4) is 0 Å². The SMILES string of the molecule is CO.Cc1ccc2ccc(=O)oc2c1. The number of aliphatic hydroxyl groups excluding tert-OH is 1. The highest BCUT2D eigenvalue weighted by Gasteiger charge is 1.95. The minimum absolute atomic E-state index is 0.298. The molecule has 14 heavy (non-hydrogen) atoms. The molecule has 0 unspecified atom stereocenters. The zero-order valence-electron chi connectivity index (χ0n) is 8.15. The van der Waals surface area contributed by atoms with Crippen molar-refractivity contribution < 1.29 is 9.52 Å². The Morgan fingerprint density at radius 3 is 2.50 bits per heavy atom. The first-order valence-electron chi connectivity index (χ1n) is 4.21. The van der Waals surface area contributed by atoms with Gasteiger partial charge in [-0.2, -0.15) is 0 Å². The third-order valence-corrected chi connectivity index (χ3v) is 1.78. The van der Waals surface area contributed by atoms with Crippen LogP contribution >= 0.6 is 0 Å². The Kier molecular flexibility index (Phi) is 3.42. The fourth-order valence-corrected chi connectivity index (χ4v) is 1.17. The van der Waals surface area contributed by atoms with Gasteiger partial charge in [0.25, 0.3) is 0 Å². The minimum Gasteiger partial charge on any atom is -0.423 e. The number of aryl methyl sites for hydroxylation is 1. The van der Waals surface area contributed by atoms with Crippen molar-refractivity contribution in [1.82, 2.24) is 0 Å². The van der Waals surface area contributed by atoms with Crippen LogP contribution in [-0.4, -0.2) is 12.2 Å². The second-order valence-electron chi connectivity index (χ2n) is 2.80. The highest BCUT2D eigenvalue weighted by Crippen LogP contribution is 2.12. The van der Waals surface area contributed by atoms with Crippen molar-refractivity contribution in [2.45, 2.75) is 6.92 Å². The number of rotatable bonds is 0. The lowest BCUT2D eigenvalue weighted by atomic mass is 10.2. The van der Waals surface area contributed by atoms with Gasteiger partial charge in [0.1, 0.15) is 5.58 Å². The van der Waals surface area contributed by atoms with Gasteiger partial charge in [-0.1, -0.05) is 12.1 Å². The van der Waals surface area contributed by atoms with Crippen LogP contribution in [0.3, 0.4) is 0 Å². The average Bonchev–Trinajstić information content (AvgIpc) is 2.20. The van der Waals surface area contributed by atoms with Crippen LogP contribution in [0.15, 0.2) is 39.5 Å². The first-order chi connectivity index (χ1) is 6.75. The highest BCUT2D eigenvalue weighted by atomic mass is 16.4. The standard InChI is InChI=1S/C10H8O2.CH4O/c1-7-2-3-8-4-5-10(11)12-9(8)6-7;1-2/h2-6H,1H3;2H,1H3. The van der Waals surface area contributed by atoms with E-state index in [0.29, 0.717) is 5.58 Å². The Hall–Kier alpha value is -1.61.